The van der Waals surface area contributed by atoms with E-state index in [1.54, 1.807) is 18.3 Å². The van der Waals surface area contributed by atoms with Crippen molar-refractivity contribution < 1.29 is 8.42 Å². The highest BCUT2D eigenvalue weighted by Gasteiger charge is 2.16. The molecular weight excluding hydrogens is 423 g/mol. The first kappa shape index (κ1) is 22.4. The topological polar surface area (TPSA) is 108 Å². The zero-order valence-electron chi connectivity index (χ0n) is 15.0. The van der Waals surface area contributed by atoms with Crippen molar-refractivity contribution in [1.82, 2.24) is 24.6 Å². The van der Waals surface area contributed by atoms with E-state index in [4.69, 9.17) is 5.14 Å². The molecule has 0 bridgehead atoms. The molecule has 0 unspecified atom stereocenters. The number of aromatic nitrogens is 4. The van der Waals surface area contributed by atoms with Gasteiger partial charge in [0.1, 0.15) is 5.69 Å². The fourth-order valence-corrected chi connectivity index (χ4v) is 3.64. The number of rotatable bonds is 5. The van der Waals surface area contributed by atoms with Crippen molar-refractivity contribution in [2.24, 2.45) is 5.14 Å². The molecule has 0 amide bonds. The Labute approximate surface area is 176 Å². The fraction of sp³-hybridized carbons (Fsp3) is 0.294. The van der Waals surface area contributed by atoms with Crippen LogP contribution in [-0.2, 0) is 36.1 Å². The molecule has 0 radical (unpaired) electrons. The monoisotopic (exact) mass is 444 g/mol. The van der Waals surface area contributed by atoms with Crippen molar-refractivity contribution in [2.45, 2.75) is 31.0 Å². The van der Waals surface area contributed by atoms with E-state index in [9.17, 15) is 8.42 Å². The van der Waals surface area contributed by atoms with Crippen molar-refractivity contribution in [3.8, 4) is 11.5 Å². The van der Waals surface area contributed by atoms with Crippen LogP contribution in [0.3, 0.4) is 0 Å². The third-order valence-corrected chi connectivity index (χ3v) is 5.44. The Morgan fingerprint density at radius 3 is 2.61 bits per heavy atom. The lowest BCUT2D eigenvalue weighted by Crippen LogP contribution is -2.28. The van der Waals surface area contributed by atoms with E-state index in [0.29, 0.717) is 0 Å². The van der Waals surface area contributed by atoms with Gasteiger partial charge >= 0.3 is 0 Å². The average molecular weight is 445 g/mol. The molecule has 0 atom stereocenters. The summed E-state index contributed by atoms with van der Waals surface area (Å²) in [6, 6.07) is 8.73. The van der Waals surface area contributed by atoms with Crippen molar-refractivity contribution in [1.29, 1.82) is 0 Å². The Bertz CT molecular complexity index is 1010. The normalized spacial score (nSPS) is 13.3. The van der Waals surface area contributed by atoms with E-state index in [2.05, 4.69) is 26.0 Å². The van der Waals surface area contributed by atoms with Crippen LogP contribution in [0.5, 0.6) is 0 Å². The van der Waals surface area contributed by atoms with Crippen molar-refractivity contribution in [3.63, 3.8) is 0 Å². The lowest BCUT2D eigenvalue weighted by atomic mass is 10.1. The maximum Gasteiger partial charge on any atom is 0.238 e. The first-order chi connectivity index (χ1) is 12.5. The van der Waals surface area contributed by atoms with E-state index in [1.165, 1.54) is 17.8 Å². The summed E-state index contributed by atoms with van der Waals surface area (Å²) in [4.78, 5) is 4.59. The molecule has 1 aliphatic heterocycles. The van der Waals surface area contributed by atoms with Gasteiger partial charge in [0.15, 0.2) is 5.82 Å². The lowest BCUT2D eigenvalue weighted by molar-refractivity contribution is 0.476. The molecule has 0 saturated heterocycles. The molecule has 3 aromatic rings. The number of hydrogen-bond acceptors (Lipinski definition) is 5. The number of aryl methyl sites for hydroxylation is 2. The third-order valence-electron chi connectivity index (χ3n) is 4.51. The molecule has 11 heteroatoms. The quantitative estimate of drug-likeness (QED) is 0.620. The van der Waals surface area contributed by atoms with Crippen LogP contribution >= 0.6 is 24.8 Å². The molecule has 0 spiro atoms. The highest BCUT2D eigenvalue weighted by Crippen LogP contribution is 2.19. The molecule has 2 aromatic heterocycles. The smallest absolute Gasteiger partial charge is 0.238 e. The Kier molecular flexibility index (Phi) is 7.24. The number of fused-ring (bicyclic) bond motifs is 1. The van der Waals surface area contributed by atoms with Gasteiger partial charge in [-0.05, 0) is 30.2 Å². The van der Waals surface area contributed by atoms with Gasteiger partial charge in [-0.1, -0.05) is 12.1 Å². The molecule has 8 nitrogen and oxygen atoms in total. The van der Waals surface area contributed by atoms with Gasteiger partial charge in [0.05, 0.1) is 17.1 Å². The maximum atomic E-state index is 11.3. The number of benzene rings is 1. The Morgan fingerprint density at radius 1 is 1.18 bits per heavy atom. The van der Waals surface area contributed by atoms with Crippen LogP contribution < -0.4 is 10.5 Å². The first-order valence-corrected chi connectivity index (χ1v) is 9.96. The highest BCUT2D eigenvalue weighted by molar-refractivity contribution is 7.89. The molecule has 1 aromatic carbocycles. The number of imidazole rings is 1. The minimum Gasteiger partial charge on any atom is -0.329 e. The number of nitrogens with zero attached hydrogens (tertiary/aromatic N) is 4. The summed E-state index contributed by atoms with van der Waals surface area (Å²) < 4.78 is 26.7. The average Bonchev–Trinajstić information content (AvgIpc) is 3.25. The van der Waals surface area contributed by atoms with Crippen LogP contribution in [-0.4, -0.2) is 34.3 Å². The van der Waals surface area contributed by atoms with E-state index >= 15 is 0 Å². The second kappa shape index (κ2) is 9.06. The number of halogens is 2. The van der Waals surface area contributed by atoms with Gasteiger partial charge in [-0.2, -0.15) is 5.10 Å². The van der Waals surface area contributed by atoms with Crippen molar-refractivity contribution in [2.75, 3.05) is 6.54 Å². The minimum absolute atomic E-state index is 0. The molecule has 0 aliphatic carbocycles. The standard InChI is InChI=1S/C17H20N6O2S.2ClH/c18-26(24,25)15-3-1-13(2-4-15)5-8-22-9-7-20-17(22)16-11-14-12-19-6-10-23(14)21-16;;/h1-4,7,9,11,19H,5-6,8,10,12H2,(H2,18,24,25);2*1H. The lowest BCUT2D eigenvalue weighted by Gasteiger charge is -2.13. The summed E-state index contributed by atoms with van der Waals surface area (Å²) in [5, 5.41) is 13.1. The minimum atomic E-state index is -3.65. The summed E-state index contributed by atoms with van der Waals surface area (Å²) in [6.45, 7) is 3.35. The van der Waals surface area contributed by atoms with Crippen LogP contribution in [0.2, 0.25) is 0 Å². The second-order valence-corrected chi connectivity index (χ2v) is 7.87. The molecular formula is C17H22Cl2N6O2S. The number of hydrogen-bond donors (Lipinski definition) is 2. The number of primary sulfonamides is 1. The zero-order chi connectivity index (χ0) is 18.1. The van der Waals surface area contributed by atoms with Crippen molar-refractivity contribution in [3.05, 3.63) is 54.0 Å². The van der Waals surface area contributed by atoms with Crippen LogP contribution in [0.25, 0.3) is 11.5 Å². The summed E-state index contributed by atoms with van der Waals surface area (Å²) >= 11 is 0. The van der Waals surface area contributed by atoms with Gasteiger partial charge < -0.3 is 9.88 Å². The zero-order valence-corrected chi connectivity index (χ0v) is 17.4. The van der Waals surface area contributed by atoms with Gasteiger partial charge in [0.2, 0.25) is 10.0 Å². The fourth-order valence-electron chi connectivity index (χ4n) is 3.12. The van der Waals surface area contributed by atoms with Gasteiger partial charge in [0, 0.05) is 32.0 Å². The number of nitrogens with one attached hydrogen (secondary N) is 1. The predicted molar refractivity (Wildman–Crippen MR) is 111 cm³/mol. The largest absolute Gasteiger partial charge is 0.329 e. The molecule has 4 rings (SSSR count). The Hall–Kier alpha value is -1.91. The SMILES string of the molecule is Cl.Cl.NS(=O)(=O)c1ccc(CCn2ccnc2-c2cc3n(n2)CCNC3)cc1. The predicted octanol–water partition coefficient (Wildman–Crippen LogP) is 1.58. The molecule has 3 N–H and O–H groups in total. The van der Waals surface area contributed by atoms with E-state index < -0.39 is 10.0 Å². The Morgan fingerprint density at radius 2 is 1.93 bits per heavy atom. The Balaban J connectivity index is 0.00000140. The molecule has 0 saturated carbocycles. The van der Waals surface area contributed by atoms with Gasteiger partial charge in [0.25, 0.3) is 0 Å². The van der Waals surface area contributed by atoms with Crippen LogP contribution in [0.15, 0.2) is 47.6 Å². The molecule has 152 valence electrons. The van der Waals surface area contributed by atoms with Gasteiger partial charge in [-0.25, -0.2) is 18.5 Å². The first-order valence-electron chi connectivity index (χ1n) is 8.41. The summed E-state index contributed by atoms with van der Waals surface area (Å²) in [5.74, 6) is 0.841. The molecule has 3 heterocycles. The molecule has 0 fully saturated rings. The van der Waals surface area contributed by atoms with E-state index in [1.807, 2.05) is 10.9 Å². The number of nitrogens with two attached hydrogens (primary N) is 1. The summed E-state index contributed by atoms with van der Waals surface area (Å²) in [6.07, 6.45) is 4.46. The molecule has 1 aliphatic rings. The number of sulfonamides is 1. The summed E-state index contributed by atoms with van der Waals surface area (Å²) in [7, 11) is -3.65. The molecule has 28 heavy (non-hydrogen) atoms. The van der Waals surface area contributed by atoms with Crippen LogP contribution in [0.1, 0.15) is 11.3 Å². The third kappa shape index (κ3) is 4.73. The van der Waals surface area contributed by atoms with E-state index in [-0.39, 0.29) is 29.7 Å². The van der Waals surface area contributed by atoms with Crippen molar-refractivity contribution >= 4 is 34.8 Å². The van der Waals surface area contributed by atoms with Gasteiger partial charge in [-0.3, -0.25) is 4.68 Å². The second-order valence-electron chi connectivity index (χ2n) is 6.30. The van der Waals surface area contributed by atoms with E-state index in [0.717, 1.165) is 49.7 Å². The van der Waals surface area contributed by atoms with Crippen LogP contribution in [0, 0.1) is 0 Å². The maximum absolute atomic E-state index is 11.3. The van der Waals surface area contributed by atoms with Crippen LogP contribution in [0.4, 0.5) is 0 Å². The summed E-state index contributed by atoms with van der Waals surface area (Å²) in [5.41, 5.74) is 3.07. The highest BCUT2D eigenvalue weighted by atomic mass is 35.5. The van der Waals surface area contributed by atoms with Gasteiger partial charge in [-0.15, -0.1) is 24.8 Å².